The fourth-order valence-electron chi connectivity index (χ4n) is 2.03. The minimum absolute atomic E-state index is 0.0625. The molecule has 0 aliphatic carbocycles. The predicted octanol–water partition coefficient (Wildman–Crippen LogP) is 2.17. The average molecular weight is 333 g/mol. The van der Waals surface area contributed by atoms with Crippen molar-refractivity contribution in [2.75, 3.05) is 6.61 Å². The van der Waals surface area contributed by atoms with Gasteiger partial charge in [0.05, 0.1) is 12.9 Å². The van der Waals surface area contributed by atoms with Gasteiger partial charge in [-0.2, -0.15) is 0 Å². The smallest absolute Gasteiger partial charge is 0.408 e. The van der Waals surface area contributed by atoms with Crippen molar-refractivity contribution >= 4 is 12.1 Å². The molecule has 24 heavy (non-hydrogen) atoms. The Morgan fingerprint density at radius 1 is 1.17 bits per heavy atom. The van der Waals surface area contributed by atoms with E-state index in [0.717, 1.165) is 5.56 Å². The van der Waals surface area contributed by atoms with Gasteiger partial charge in [0.15, 0.2) is 6.10 Å². The molecule has 128 valence electrons. The molecule has 2 N–H and O–H groups in total. The van der Waals surface area contributed by atoms with E-state index in [-0.39, 0.29) is 19.0 Å². The van der Waals surface area contributed by atoms with Crippen LogP contribution in [-0.4, -0.2) is 29.9 Å². The number of ether oxygens (including phenoxy) is 2. The summed E-state index contributed by atoms with van der Waals surface area (Å²) in [5.41, 5.74) is 0.813. The van der Waals surface area contributed by atoms with Crippen LogP contribution in [0.15, 0.2) is 53.1 Å². The first-order chi connectivity index (χ1) is 11.6. The lowest BCUT2D eigenvalue weighted by Crippen LogP contribution is -2.41. The van der Waals surface area contributed by atoms with Gasteiger partial charge in [0.2, 0.25) is 0 Å². The van der Waals surface area contributed by atoms with E-state index in [1.807, 2.05) is 30.3 Å². The summed E-state index contributed by atoms with van der Waals surface area (Å²) in [7, 11) is 0. The summed E-state index contributed by atoms with van der Waals surface area (Å²) < 4.78 is 15.0. The molecule has 0 spiro atoms. The molecule has 1 aromatic heterocycles. The summed E-state index contributed by atoms with van der Waals surface area (Å²) in [6.45, 7) is 1.79. The molecule has 2 aromatic rings. The van der Waals surface area contributed by atoms with Crippen molar-refractivity contribution in [3.05, 3.63) is 60.1 Å². The van der Waals surface area contributed by atoms with E-state index >= 15 is 0 Å². The Kier molecular flexibility index (Phi) is 6.39. The highest BCUT2D eigenvalue weighted by Crippen LogP contribution is 2.19. The zero-order valence-corrected chi connectivity index (χ0v) is 13.2. The molecule has 0 unspecified atom stereocenters. The molecule has 0 radical (unpaired) electrons. The zero-order valence-electron chi connectivity index (χ0n) is 13.2. The van der Waals surface area contributed by atoms with E-state index in [1.54, 1.807) is 13.0 Å². The van der Waals surface area contributed by atoms with Crippen LogP contribution >= 0.6 is 0 Å². The second-order valence-electron chi connectivity index (χ2n) is 4.90. The molecule has 0 saturated heterocycles. The summed E-state index contributed by atoms with van der Waals surface area (Å²) in [4.78, 5) is 23.7. The van der Waals surface area contributed by atoms with Gasteiger partial charge in [-0.3, -0.25) is 0 Å². The van der Waals surface area contributed by atoms with Gasteiger partial charge in [0, 0.05) is 0 Å². The number of aliphatic hydroxyl groups is 1. The molecule has 7 heteroatoms. The standard InChI is InChI=1S/C17H19NO6/c1-2-22-16(20)15(19)14(13-9-6-10-23-13)18-17(21)24-11-12-7-4-3-5-8-12/h3-10,14-15,19H,2,11H2,1H3,(H,18,21)/t14-,15+/m0/s1. The molecular formula is C17H19NO6. The van der Waals surface area contributed by atoms with Crippen LogP contribution in [-0.2, 0) is 20.9 Å². The van der Waals surface area contributed by atoms with Crippen LogP contribution in [0.1, 0.15) is 24.3 Å². The van der Waals surface area contributed by atoms with E-state index in [1.165, 1.54) is 12.3 Å². The molecule has 2 atom stereocenters. The Hall–Kier alpha value is -2.80. The average Bonchev–Trinajstić information content (AvgIpc) is 3.12. The van der Waals surface area contributed by atoms with Gasteiger partial charge in [-0.05, 0) is 24.6 Å². The largest absolute Gasteiger partial charge is 0.467 e. The van der Waals surface area contributed by atoms with Crippen molar-refractivity contribution in [1.29, 1.82) is 0 Å². The highest BCUT2D eigenvalue weighted by molar-refractivity contribution is 5.77. The second-order valence-corrected chi connectivity index (χ2v) is 4.90. The lowest BCUT2D eigenvalue weighted by Gasteiger charge is -2.20. The number of rotatable bonds is 7. The summed E-state index contributed by atoms with van der Waals surface area (Å²) in [5, 5.41) is 12.5. The Balaban J connectivity index is 1.99. The first kappa shape index (κ1) is 17.6. The van der Waals surface area contributed by atoms with E-state index in [4.69, 9.17) is 13.9 Å². The van der Waals surface area contributed by atoms with Crippen LogP contribution in [0.5, 0.6) is 0 Å². The van der Waals surface area contributed by atoms with E-state index in [2.05, 4.69) is 5.32 Å². The third kappa shape index (κ3) is 4.85. The van der Waals surface area contributed by atoms with Gasteiger partial charge in [-0.25, -0.2) is 9.59 Å². The van der Waals surface area contributed by atoms with Gasteiger partial charge in [-0.15, -0.1) is 0 Å². The third-order valence-corrected chi connectivity index (χ3v) is 3.18. The number of nitrogens with one attached hydrogen (secondary N) is 1. The van der Waals surface area contributed by atoms with E-state index < -0.39 is 24.2 Å². The van der Waals surface area contributed by atoms with Crippen molar-refractivity contribution in [1.82, 2.24) is 5.32 Å². The van der Waals surface area contributed by atoms with E-state index in [9.17, 15) is 14.7 Å². The number of furan rings is 1. The minimum Gasteiger partial charge on any atom is -0.467 e. The van der Waals surface area contributed by atoms with Crippen molar-refractivity contribution in [2.45, 2.75) is 25.7 Å². The van der Waals surface area contributed by atoms with Crippen LogP contribution < -0.4 is 5.32 Å². The normalized spacial score (nSPS) is 12.9. The van der Waals surface area contributed by atoms with Crippen LogP contribution in [0.25, 0.3) is 0 Å². The van der Waals surface area contributed by atoms with Gasteiger partial charge < -0.3 is 24.3 Å². The molecule has 0 saturated carbocycles. The van der Waals surface area contributed by atoms with Gasteiger partial charge >= 0.3 is 12.1 Å². The van der Waals surface area contributed by atoms with Crippen LogP contribution in [0.3, 0.4) is 0 Å². The Labute approximate surface area is 139 Å². The molecule has 1 heterocycles. The van der Waals surface area contributed by atoms with Crippen molar-refractivity contribution < 1.29 is 28.6 Å². The number of carbonyl (C=O) groups excluding carboxylic acids is 2. The predicted molar refractivity (Wildman–Crippen MR) is 83.9 cm³/mol. The Bertz CT molecular complexity index is 640. The highest BCUT2D eigenvalue weighted by Gasteiger charge is 2.32. The number of aliphatic hydroxyl groups excluding tert-OH is 1. The highest BCUT2D eigenvalue weighted by atomic mass is 16.6. The van der Waals surface area contributed by atoms with Crippen LogP contribution in [0.4, 0.5) is 4.79 Å². The lowest BCUT2D eigenvalue weighted by molar-refractivity contribution is -0.154. The van der Waals surface area contributed by atoms with Crippen LogP contribution in [0.2, 0.25) is 0 Å². The number of amides is 1. The molecule has 0 aliphatic heterocycles. The Morgan fingerprint density at radius 3 is 2.54 bits per heavy atom. The summed E-state index contributed by atoms with van der Waals surface area (Å²) in [6.07, 6.45) is -1.03. The maximum atomic E-state index is 12.0. The SMILES string of the molecule is CCOC(=O)[C@H](O)[C@@H](NC(=O)OCc1ccccc1)c1ccco1. The zero-order chi connectivity index (χ0) is 17.4. The molecule has 0 bridgehead atoms. The number of alkyl carbamates (subject to hydrolysis) is 1. The number of hydrogen-bond acceptors (Lipinski definition) is 6. The molecule has 2 rings (SSSR count). The Morgan fingerprint density at radius 2 is 1.92 bits per heavy atom. The van der Waals surface area contributed by atoms with Gasteiger partial charge in [0.25, 0.3) is 0 Å². The number of benzene rings is 1. The first-order valence-corrected chi connectivity index (χ1v) is 7.47. The summed E-state index contributed by atoms with van der Waals surface area (Å²) in [5.74, 6) is -0.644. The molecule has 0 fully saturated rings. The number of hydrogen-bond donors (Lipinski definition) is 2. The number of esters is 1. The fraction of sp³-hybridized carbons (Fsp3) is 0.294. The van der Waals surface area contributed by atoms with Gasteiger partial charge in [0.1, 0.15) is 18.4 Å². The molecular weight excluding hydrogens is 314 g/mol. The number of carbonyl (C=O) groups is 2. The molecule has 1 aromatic carbocycles. The summed E-state index contributed by atoms with van der Waals surface area (Å²) >= 11 is 0. The third-order valence-electron chi connectivity index (χ3n) is 3.18. The molecule has 1 amide bonds. The van der Waals surface area contributed by atoms with Crippen molar-refractivity contribution in [3.8, 4) is 0 Å². The molecule has 7 nitrogen and oxygen atoms in total. The summed E-state index contributed by atoms with van der Waals surface area (Å²) in [6, 6.07) is 11.1. The van der Waals surface area contributed by atoms with Crippen molar-refractivity contribution in [3.63, 3.8) is 0 Å². The van der Waals surface area contributed by atoms with Gasteiger partial charge in [-0.1, -0.05) is 30.3 Å². The maximum absolute atomic E-state index is 12.0. The monoisotopic (exact) mass is 333 g/mol. The first-order valence-electron chi connectivity index (χ1n) is 7.47. The van der Waals surface area contributed by atoms with Crippen LogP contribution in [0, 0.1) is 0 Å². The van der Waals surface area contributed by atoms with E-state index in [0.29, 0.717) is 0 Å². The quantitative estimate of drug-likeness (QED) is 0.754. The maximum Gasteiger partial charge on any atom is 0.408 e. The topological polar surface area (TPSA) is 98.0 Å². The molecule has 0 aliphatic rings. The fourth-order valence-corrected chi connectivity index (χ4v) is 2.03. The minimum atomic E-state index is -1.61. The lowest BCUT2D eigenvalue weighted by atomic mass is 10.1. The van der Waals surface area contributed by atoms with Crippen molar-refractivity contribution in [2.24, 2.45) is 0 Å². The second kappa shape index (κ2) is 8.73.